The Labute approximate surface area is 114 Å². The van der Waals surface area contributed by atoms with Gasteiger partial charge in [0.2, 0.25) is 5.91 Å². The maximum atomic E-state index is 12.1. The lowest BCUT2D eigenvalue weighted by atomic mass is 9.91. The number of likely N-dealkylation sites (N-methyl/N-ethyl adjacent to an activating group) is 1. The number of hydroxylamine groups is 2. The number of hydrogen-bond donors (Lipinski definition) is 0. The van der Waals surface area contributed by atoms with Crippen molar-refractivity contribution in [2.24, 2.45) is 11.8 Å². The van der Waals surface area contributed by atoms with E-state index in [0.717, 1.165) is 12.8 Å². The predicted molar refractivity (Wildman–Crippen MR) is 65.6 cm³/mol. The van der Waals surface area contributed by atoms with E-state index in [9.17, 15) is 9.59 Å². The highest BCUT2D eigenvalue weighted by molar-refractivity contribution is 9.09. The summed E-state index contributed by atoms with van der Waals surface area (Å²) >= 11 is 3.70. The SMILES string of the molecule is CN1C(=O)[C@H]2[C@H](ON3[C@H]4[C@H](CC[C@@H]4Br)C[C@@H]23)C1=O. The first-order valence-corrected chi connectivity index (χ1v) is 7.41. The van der Waals surface area contributed by atoms with E-state index in [-0.39, 0.29) is 23.8 Å². The van der Waals surface area contributed by atoms with Gasteiger partial charge in [-0.25, -0.2) is 0 Å². The molecule has 18 heavy (non-hydrogen) atoms. The van der Waals surface area contributed by atoms with Gasteiger partial charge in [0, 0.05) is 11.9 Å². The lowest BCUT2D eigenvalue weighted by molar-refractivity contribution is -0.184. The molecule has 1 saturated carbocycles. The van der Waals surface area contributed by atoms with Crippen molar-refractivity contribution in [2.75, 3.05) is 7.05 Å². The molecule has 0 aromatic rings. The second-order valence-electron chi connectivity index (χ2n) is 5.79. The summed E-state index contributed by atoms with van der Waals surface area (Å²) in [7, 11) is 1.56. The van der Waals surface area contributed by atoms with Crippen molar-refractivity contribution in [3.05, 3.63) is 0 Å². The van der Waals surface area contributed by atoms with Crippen LogP contribution in [0.1, 0.15) is 19.3 Å². The molecule has 4 aliphatic rings. The molecule has 98 valence electrons. The van der Waals surface area contributed by atoms with Gasteiger partial charge in [-0.1, -0.05) is 15.9 Å². The Morgan fingerprint density at radius 1 is 1.28 bits per heavy atom. The van der Waals surface area contributed by atoms with Crippen LogP contribution in [-0.2, 0) is 14.4 Å². The molecule has 0 N–H and O–H groups in total. The first kappa shape index (κ1) is 11.4. The summed E-state index contributed by atoms with van der Waals surface area (Å²) in [6.45, 7) is 0. The first-order valence-electron chi connectivity index (χ1n) is 6.50. The average molecular weight is 315 g/mol. The number of rotatable bonds is 0. The van der Waals surface area contributed by atoms with Crippen LogP contribution in [0.5, 0.6) is 0 Å². The maximum Gasteiger partial charge on any atom is 0.261 e. The quantitative estimate of drug-likeness (QED) is 0.483. The molecular weight excluding hydrogens is 300 g/mol. The third-order valence-electron chi connectivity index (χ3n) is 5.00. The van der Waals surface area contributed by atoms with Gasteiger partial charge in [0.05, 0.1) is 18.0 Å². The molecule has 0 aromatic carbocycles. The van der Waals surface area contributed by atoms with E-state index in [4.69, 9.17) is 4.84 Å². The van der Waals surface area contributed by atoms with Gasteiger partial charge in [0.1, 0.15) is 0 Å². The molecule has 6 heteroatoms. The van der Waals surface area contributed by atoms with Crippen molar-refractivity contribution in [3.63, 3.8) is 0 Å². The Bertz CT molecular complexity index is 443. The zero-order valence-corrected chi connectivity index (χ0v) is 11.7. The van der Waals surface area contributed by atoms with Crippen LogP contribution in [0.25, 0.3) is 0 Å². The second-order valence-corrected chi connectivity index (χ2v) is 6.97. The molecule has 3 heterocycles. The number of halogens is 1. The molecule has 4 fully saturated rings. The van der Waals surface area contributed by atoms with E-state index in [1.807, 2.05) is 5.06 Å². The largest absolute Gasteiger partial charge is 0.284 e. The van der Waals surface area contributed by atoms with Crippen LogP contribution in [0.3, 0.4) is 0 Å². The van der Waals surface area contributed by atoms with Gasteiger partial charge in [0.15, 0.2) is 6.10 Å². The van der Waals surface area contributed by atoms with Gasteiger partial charge in [-0.05, 0) is 25.2 Å². The number of likely N-dealkylation sites (tertiary alicyclic amines) is 1. The molecule has 2 amide bonds. The molecule has 0 radical (unpaired) electrons. The highest BCUT2D eigenvalue weighted by atomic mass is 79.9. The van der Waals surface area contributed by atoms with Crippen LogP contribution < -0.4 is 0 Å². The van der Waals surface area contributed by atoms with Gasteiger partial charge in [-0.2, -0.15) is 5.06 Å². The van der Waals surface area contributed by atoms with E-state index in [1.165, 1.54) is 11.3 Å². The molecule has 1 aliphatic carbocycles. The van der Waals surface area contributed by atoms with Crippen LogP contribution in [0.15, 0.2) is 0 Å². The Balaban J connectivity index is 1.67. The zero-order valence-electron chi connectivity index (χ0n) is 10.1. The number of fused-ring (bicyclic) bond motifs is 5. The van der Waals surface area contributed by atoms with E-state index >= 15 is 0 Å². The Kier molecular flexibility index (Phi) is 2.24. The molecule has 3 aliphatic heterocycles. The monoisotopic (exact) mass is 314 g/mol. The lowest BCUT2D eigenvalue weighted by Crippen LogP contribution is -2.41. The van der Waals surface area contributed by atoms with E-state index in [1.54, 1.807) is 7.05 Å². The van der Waals surface area contributed by atoms with Crippen LogP contribution in [-0.4, -0.2) is 51.8 Å². The van der Waals surface area contributed by atoms with Crippen molar-refractivity contribution in [2.45, 2.75) is 42.3 Å². The number of carbonyl (C=O) groups is 2. The van der Waals surface area contributed by atoms with Crippen LogP contribution in [0.2, 0.25) is 0 Å². The summed E-state index contributed by atoms with van der Waals surface area (Å²) in [6.07, 6.45) is 2.76. The summed E-state index contributed by atoms with van der Waals surface area (Å²) in [5.41, 5.74) is 0. The molecule has 6 atom stereocenters. The van der Waals surface area contributed by atoms with Gasteiger partial charge < -0.3 is 0 Å². The summed E-state index contributed by atoms with van der Waals surface area (Å²) < 4.78 is 0. The van der Waals surface area contributed by atoms with E-state index in [2.05, 4.69) is 15.9 Å². The van der Waals surface area contributed by atoms with Gasteiger partial charge in [-0.15, -0.1) is 0 Å². The number of hydrogen-bond acceptors (Lipinski definition) is 4. The van der Waals surface area contributed by atoms with Crippen LogP contribution in [0, 0.1) is 11.8 Å². The van der Waals surface area contributed by atoms with Crippen molar-refractivity contribution in [1.82, 2.24) is 9.96 Å². The number of nitrogens with zero attached hydrogens (tertiary/aromatic N) is 2. The highest BCUT2D eigenvalue weighted by Crippen LogP contribution is 2.51. The van der Waals surface area contributed by atoms with E-state index in [0.29, 0.717) is 16.8 Å². The topological polar surface area (TPSA) is 49.9 Å². The van der Waals surface area contributed by atoms with Crippen molar-refractivity contribution < 1.29 is 14.4 Å². The smallest absolute Gasteiger partial charge is 0.261 e. The minimum Gasteiger partial charge on any atom is -0.284 e. The van der Waals surface area contributed by atoms with Crippen molar-refractivity contribution in [3.8, 4) is 0 Å². The minimum atomic E-state index is -0.561. The maximum absolute atomic E-state index is 12.1. The molecule has 4 rings (SSSR count). The highest BCUT2D eigenvalue weighted by Gasteiger charge is 2.64. The third kappa shape index (κ3) is 1.19. The number of imide groups is 1. The fourth-order valence-corrected chi connectivity index (χ4v) is 5.07. The fraction of sp³-hybridized carbons (Fsp3) is 0.833. The van der Waals surface area contributed by atoms with Crippen LogP contribution >= 0.6 is 15.9 Å². The third-order valence-corrected chi connectivity index (χ3v) is 6.00. The molecule has 0 unspecified atom stereocenters. The molecule has 0 spiro atoms. The summed E-state index contributed by atoms with van der Waals surface area (Å²) in [5.74, 6) is 0.0885. The molecule has 3 saturated heterocycles. The number of alkyl halides is 1. The molecular formula is C12H15BrN2O3. The normalized spacial score (nSPS) is 50.9. The van der Waals surface area contributed by atoms with Crippen LogP contribution in [0.4, 0.5) is 0 Å². The lowest BCUT2D eigenvalue weighted by Gasteiger charge is -2.26. The fourth-order valence-electron chi connectivity index (χ4n) is 4.14. The van der Waals surface area contributed by atoms with Gasteiger partial charge >= 0.3 is 0 Å². The van der Waals surface area contributed by atoms with Gasteiger partial charge in [0.25, 0.3) is 5.91 Å². The first-order chi connectivity index (χ1) is 8.59. The predicted octanol–water partition coefficient (Wildman–Crippen LogP) is 0.531. The summed E-state index contributed by atoms with van der Waals surface area (Å²) in [4.78, 5) is 31.6. The second kappa shape index (κ2) is 3.55. The summed E-state index contributed by atoms with van der Waals surface area (Å²) in [6, 6.07) is 0.443. The van der Waals surface area contributed by atoms with Gasteiger partial charge in [-0.3, -0.25) is 19.3 Å². The molecule has 5 nitrogen and oxygen atoms in total. The standard InChI is InChI=1S/C12H15BrN2O3/c1-14-11(16)8-7-4-5-2-3-6(13)9(5)15(7)18-10(8)12(14)17/h5-10H,2-4H2,1H3/t5-,6+,7+,8-,9+,10+/m1/s1. The summed E-state index contributed by atoms with van der Waals surface area (Å²) in [5, 5.41) is 1.97. The average Bonchev–Trinajstić information content (AvgIpc) is 3.00. The van der Waals surface area contributed by atoms with Crippen molar-refractivity contribution in [1.29, 1.82) is 0 Å². The Morgan fingerprint density at radius 3 is 2.83 bits per heavy atom. The molecule has 0 bridgehead atoms. The molecule has 0 aromatic heterocycles. The Hall–Kier alpha value is -0.460. The van der Waals surface area contributed by atoms with Crippen molar-refractivity contribution >= 4 is 27.7 Å². The Morgan fingerprint density at radius 2 is 2.06 bits per heavy atom. The minimum absolute atomic E-state index is 0.0661. The zero-order chi connectivity index (χ0) is 12.6. The van der Waals surface area contributed by atoms with E-state index < -0.39 is 6.10 Å². The number of amides is 2. The number of carbonyl (C=O) groups excluding carboxylic acids is 2.